The van der Waals surface area contributed by atoms with E-state index >= 15 is 0 Å². The Bertz CT molecular complexity index is 643. The standard InChI is InChI=1S/C15H16N2O3/c1-10(2)13-6-12(11-4-5-20-9-11)7-15(17(18)19)14(13)8-16-3/h4-10H,1-3H3. The van der Waals surface area contributed by atoms with E-state index in [4.69, 9.17) is 4.42 Å². The molecular weight excluding hydrogens is 256 g/mol. The summed E-state index contributed by atoms with van der Waals surface area (Å²) >= 11 is 0. The number of nitro benzene ring substituents is 1. The molecule has 1 aromatic heterocycles. The number of benzene rings is 1. The zero-order chi connectivity index (χ0) is 14.7. The molecule has 0 aliphatic heterocycles. The van der Waals surface area contributed by atoms with Gasteiger partial charge in [0, 0.05) is 24.9 Å². The normalized spacial score (nSPS) is 11.4. The van der Waals surface area contributed by atoms with E-state index in [1.165, 1.54) is 0 Å². The van der Waals surface area contributed by atoms with Crippen LogP contribution in [0.4, 0.5) is 5.69 Å². The van der Waals surface area contributed by atoms with Gasteiger partial charge in [-0.15, -0.1) is 0 Å². The summed E-state index contributed by atoms with van der Waals surface area (Å²) < 4.78 is 5.05. The van der Waals surface area contributed by atoms with E-state index in [2.05, 4.69) is 4.99 Å². The van der Waals surface area contributed by atoms with Crippen LogP contribution in [0, 0.1) is 10.1 Å². The van der Waals surface area contributed by atoms with Gasteiger partial charge in [-0.25, -0.2) is 0 Å². The van der Waals surface area contributed by atoms with Gasteiger partial charge in [0.15, 0.2) is 0 Å². The lowest BCUT2D eigenvalue weighted by Crippen LogP contribution is -2.02. The molecule has 0 amide bonds. The summed E-state index contributed by atoms with van der Waals surface area (Å²) in [5.41, 5.74) is 3.15. The van der Waals surface area contributed by atoms with Crippen LogP contribution >= 0.6 is 0 Å². The first-order valence-corrected chi connectivity index (χ1v) is 6.31. The molecule has 0 aliphatic carbocycles. The molecule has 20 heavy (non-hydrogen) atoms. The minimum Gasteiger partial charge on any atom is -0.472 e. The lowest BCUT2D eigenvalue weighted by molar-refractivity contribution is -0.385. The van der Waals surface area contributed by atoms with Crippen LogP contribution in [-0.2, 0) is 0 Å². The highest BCUT2D eigenvalue weighted by Crippen LogP contribution is 2.33. The lowest BCUT2D eigenvalue weighted by atomic mass is 9.92. The molecule has 104 valence electrons. The monoisotopic (exact) mass is 272 g/mol. The van der Waals surface area contributed by atoms with Crippen molar-refractivity contribution in [1.29, 1.82) is 0 Å². The summed E-state index contributed by atoms with van der Waals surface area (Å²) in [6, 6.07) is 5.31. The largest absolute Gasteiger partial charge is 0.472 e. The zero-order valence-corrected chi connectivity index (χ0v) is 11.7. The molecule has 0 unspecified atom stereocenters. The Kier molecular flexibility index (Phi) is 3.98. The highest BCUT2D eigenvalue weighted by atomic mass is 16.6. The smallest absolute Gasteiger partial charge is 0.279 e. The number of aliphatic imine (C=N–C) groups is 1. The second-order valence-electron chi connectivity index (χ2n) is 4.81. The van der Waals surface area contributed by atoms with Crippen molar-refractivity contribution in [2.75, 3.05) is 7.05 Å². The molecule has 0 saturated carbocycles. The summed E-state index contributed by atoms with van der Waals surface area (Å²) in [6.45, 7) is 4.01. The van der Waals surface area contributed by atoms with Crippen LogP contribution in [0.2, 0.25) is 0 Å². The van der Waals surface area contributed by atoms with Crippen molar-refractivity contribution >= 4 is 11.9 Å². The molecule has 0 saturated heterocycles. The van der Waals surface area contributed by atoms with E-state index in [9.17, 15) is 10.1 Å². The van der Waals surface area contributed by atoms with Gasteiger partial charge in [0.05, 0.1) is 23.0 Å². The van der Waals surface area contributed by atoms with Crippen molar-refractivity contribution in [3.63, 3.8) is 0 Å². The lowest BCUT2D eigenvalue weighted by Gasteiger charge is -2.12. The van der Waals surface area contributed by atoms with Gasteiger partial charge in [-0.3, -0.25) is 15.1 Å². The van der Waals surface area contributed by atoms with Gasteiger partial charge in [0.25, 0.3) is 5.69 Å². The van der Waals surface area contributed by atoms with Gasteiger partial charge < -0.3 is 4.42 Å². The third-order valence-electron chi connectivity index (χ3n) is 3.12. The maximum Gasteiger partial charge on any atom is 0.279 e. The first-order chi connectivity index (χ1) is 9.54. The molecule has 0 spiro atoms. The summed E-state index contributed by atoms with van der Waals surface area (Å²) in [5, 5.41) is 11.3. The molecule has 0 bridgehead atoms. The Morgan fingerprint density at radius 2 is 2.10 bits per heavy atom. The van der Waals surface area contributed by atoms with Crippen molar-refractivity contribution in [2.24, 2.45) is 4.99 Å². The molecule has 5 heteroatoms. The van der Waals surface area contributed by atoms with Crippen LogP contribution in [0.25, 0.3) is 11.1 Å². The molecule has 1 heterocycles. The number of hydrogen-bond donors (Lipinski definition) is 0. The average Bonchev–Trinajstić information content (AvgIpc) is 2.92. The Labute approximate surface area is 117 Å². The molecular formula is C15H16N2O3. The van der Waals surface area contributed by atoms with Crippen LogP contribution in [0.5, 0.6) is 0 Å². The van der Waals surface area contributed by atoms with E-state index < -0.39 is 0 Å². The molecule has 2 aromatic rings. The third-order valence-corrected chi connectivity index (χ3v) is 3.12. The predicted molar refractivity (Wildman–Crippen MR) is 78.4 cm³/mol. The first kappa shape index (κ1) is 14.0. The molecule has 5 nitrogen and oxygen atoms in total. The second kappa shape index (κ2) is 5.69. The van der Waals surface area contributed by atoms with E-state index in [0.29, 0.717) is 5.56 Å². The van der Waals surface area contributed by atoms with Crippen LogP contribution in [0.3, 0.4) is 0 Å². The van der Waals surface area contributed by atoms with Crippen molar-refractivity contribution in [3.8, 4) is 11.1 Å². The fourth-order valence-electron chi connectivity index (χ4n) is 2.15. The highest BCUT2D eigenvalue weighted by Gasteiger charge is 2.20. The molecule has 1 aromatic carbocycles. The molecule has 0 atom stereocenters. The van der Waals surface area contributed by atoms with Gasteiger partial charge in [0.2, 0.25) is 0 Å². The zero-order valence-electron chi connectivity index (χ0n) is 11.7. The van der Waals surface area contributed by atoms with Crippen LogP contribution in [0.1, 0.15) is 30.9 Å². The molecule has 0 aliphatic rings. The fourth-order valence-corrected chi connectivity index (χ4v) is 2.15. The summed E-state index contributed by atoms with van der Waals surface area (Å²) in [4.78, 5) is 14.9. The van der Waals surface area contributed by atoms with Gasteiger partial charge in [-0.1, -0.05) is 13.8 Å². The van der Waals surface area contributed by atoms with Crippen LogP contribution < -0.4 is 0 Å². The number of hydrogen-bond acceptors (Lipinski definition) is 4. The van der Waals surface area contributed by atoms with Crippen LogP contribution in [0.15, 0.2) is 40.1 Å². The third kappa shape index (κ3) is 2.61. The Morgan fingerprint density at radius 3 is 2.60 bits per heavy atom. The fraction of sp³-hybridized carbons (Fsp3) is 0.267. The van der Waals surface area contributed by atoms with Crippen molar-refractivity contribution in [1.82, 2.24) is 0 Å². The minimum absolute atomic E-state index is 0.0676. The van der Waals surface area contributed by atoms with E-state index in [1.807, 2.05) is 19.9 Å². The average molecular weight is 272 g/mol. The molecule has 0 N–H and O–H groups in total. The Morgan fingerprint density at radius 1 is 1.35 bits per heavy atom. The van der Waals surface area contributed by atoms with Gasteiger partial charge in [-0.05, 0) is 29.2 Å². The Hall–Kier alpha value is -2.43. The van der Waals surface area contributed by atoms with Gasteiger partial charge in [0.1, 0.15) is 0 Å². The first-order valence-electron chi connectivity index (χ1n) is 6.31. The van der Waals surface area contributed by atoms with E-state index in [1.54, 1.807) is 37.9 Å². The van der Waals surface area contributed by atoms with Gasteiger partial charge in [-0.2, -0.15) is 0 Å². The van der Waals surface area contributed by atoms with Gasteiger partial charge >= 0.3 is 0 Å². The maximum absolute atomic E-state index is 11.3. The summed E-state index contributed by atoms with van der Waals surface area (Å²) in [6.07, 6.45) is 4.68. The number of nitro groups is 1. The summed E-state index contributed by atoms with van der Waals surface area (Å²) in [7, 11) is 1.61. The van der Waals surface area contributed by atoms with E-state index in [-0.39, 0.29) is 16.5 Å². The minimum atomic E-state index is -0.369. The topological polar surface area (TPSA) is 68.6 Å². The van der Waals surface area contributed by atoms with E-state index in [0.717, 1.165) is 16.7 Å². The molecule has 0 fully saturated rings. The second-order valence-corrected chi connectivity index (χ2v) is 4.81. The van der Waals surface area contributed by atoms with Crippen molar-refractivity contribution in [3.05, 3.63) is 52.0 Å². The van der Waals surface area contributed by atoms with Crippen LogP contribution in [-0.4, -0.2) is 18.2 Å². The summed E-state index contributed by atoms with van der Waals surface area (Å²) in [5.74, 6) is 0.161. The maximum atomic E-state index is 11.3. The molecule has 0 radical (unpaired) electrons. The molecule has 2 rings (SSSR count). The predicted octanol–water partition coefficient (Wildman–Crippen LogP) is 4.03. The SMILES string of the molecule is CN=Cc1c(C(C)C)cc(-c2ccoc2)cc1[N+](=O)[O-]. The number of nitrogens with zero attached hydrogens (tertiary/aromatic N) is 2. The Balaban J connectivity index is 2.73. The number of rotatable bonds is 4. The van der Waals surface area contributed by atoms with Crippen molar-refractivity contribution in [2.45, 2.75) is 19.8 Å². The number of furan rings is 1. The highest BCUT2D eigenvalue weighted by molar-refractivity contribution is 5.89. The van der Waals surface area contributed by atoms with Crippen molar-refractivity contribution < 1.29 is 9.34 Å². The quantitative estimate of drug-likeness (QED) is 0.479.